The zero-order chi connectivity index (χ0) is 9.68. The number of likely N-dealkylation sites (tertiary alicyclic amines) is 1. The van der Waals surface area contributed by atoms with Crippen molar-refractivity contribution < 1.29 is 9.84 Å². The van der Waals surface area contributed by atoms with Crippen LogP contribution in [0.5, 0.6) is 0 Å². The molecule has 1 N–H and O–H groups in total. The van der Waals surface area contributed by atoms with E-state index in [1.54, 1.807) is 0 Å². The molecule has 2 atom stereocenters. The number of hydrogen-bond acceptors (Lipinski definition) is 3. The molecule has 13 heavy (non-hydrogen) atoms. The van der Waals surface area contributed by atoms with E-state index < -0.39 is 0 Å². The Hall–Kier alpha value is -0.120. The van der Waals surface area contributed by atoms with Crippen LogP contribution in [0, 0.1) is 0 Å². The minimum absolute atomic E-state index is 0.249. The van der Waals surface area contributed by atoms with Crippen molar-refractivity contribution in [2.24, 2.45) is 0 Å². The van der Waals surface area contributed by atoms with Crippen molar-refractivity contribution >= 4 is 0 Å². The summed E-state index contributed by atoms with van der Waals surface area (Å²) in [7, 11) is 0. The lowest BCUT2D eigenvalue weighted by Crippen LogP contribution is -2.45. The summed E-state index contributed by atoms with van der Waals surface area (Å²) in [4.78, 5) is 2.31. The Labute approximate surface area is 80.7 Å². The summed E-state index contributed by atoms with van der Waals surface area (Å²) < 4.78 is 5.58. The normalized spacial score (nSPS) is 27.5. The molecule has 0 bridgehead atoms. The van der Waals surface area contributed by atoms with Gasteiger partial charge in [0, 0.05) is 19.2 Å². The molecular weight excluding hydrogens is 166 g/mol. The smallest absolute Gasteiger partial charge is 0.0702 e. The van der Waals surface area contributed by atoms with Gasteiger partial charge in [0.05, 0.1) is 12.7 Å². The first-order valence-electron chi connectivity index (χ1n) is 5.24. The molecule has 2 unspecified atom stereocenters. The van der Waals surface area contributed by atoms with Gasteiger partial charge in [-0.15, -0.1) is 0 Å². The number of aliphatic hydroxyl groups excluding tert-OH is 1. The maximum atomic E-state index is 9.02. The molecular formula is C10H21NO2. The molecule has 78 valence electrons. The van der Waals surface area contributed by atoms with Gasteiger partial charge in [-0.1, -0.05) is 0 Å². The van der Waals surface area contributed by atoms with Crippen molar-refractivity contribution in [1.82, 2.24) is 4.90 Å². The first kappa shape index (κ1) is 11.0. The van der Waals surface area contributed by atoms with E-state index >= 15 is 0 Å². The molecule has 1 aliphatic rings. The van der Waals surface area contributed by atoms with Gasteiger partial charge in [0.1, 0.15) is 0 Å². The van der Waals surface area contributed by atoms with Gasteiger partial charge in [0.25, 0.3) is 0 Å². The van der Waals surface area contributed by atoms with Gasteiger partial charge in [-0.2, -0.15) is 0 Å². The van der Waals surface area contributed by atoms with Gasteiger partial charge >= 0.3 is 0 Å². The highest BCUT2D eigenvalue weighted by Crippen LogP contribution is 2.15. The molecule has 0 aromatic rings. The first-order chi connectivity index (χ1) is 6.27. The fraction of sp³-hybridized carbons (Fsp3) is 1.00. The maximum absolute atomic E-state index is 9.02. The zero-order valence-electron chi connectivity index (χ0n) is 8.70. The van der Waals surface area contributed by atoms with Gasteiger partial charge in [0.15, 0.2) is 0 Å². The molecule has 1 fully saturated rings. The summed E-state index contributed by atoms with van der Waals surface area (Å²) in [6.45, 7) is 7.23. The van der Waals surface area contributed by atoms with Crippen LogP contribution in [-0.4, -0.2) is 48.5 Å². The Kier molecular flexibility index (Phi) is 4.70. The number of rotatable bonds is 4. The van der Waals surface area contributed by atoms with Crippen LogP contribution < -0.4 is 0 Å². The molecule has 0 aromatic heterocycles. The van der Waals surface area contributed by atoms with Crippen LogP contribution in [0.1, 0.15) is 26.7 Å². The molecule has 1 heterocycles. The topological polar surface area (TPSA) is 32.7 Å². The molecule has 0 spiro atoms. The maximum Gasteiger partial charge on any atom is 0.0702 e. The molecule has 1 rings (SSSR count). The molecule has 3 heteroatoms. The van der Waals surface area contributed by atoms with Gasteiger partial charge in [0.2, 0.25) is 0 Å². The molecule has 0 aliphatic carbocycles. The lowest BCUT2D eigenvalue weighted by molar-refractivity contribution is -0.0124. The third-order valence-electron chi connectivity index (χ3n) is 2.70. The van der Waals surface area contributed by atoms with E-state index in [-0.39, 0.29) is 12.6 Å². The van der Waals surface area contributed by atoms with E-state index in [2.05, 4.69) is 11.8 Å². The van der Waals surface area contributed by atoms with Crippen LogP contribution in [0.25, 0.3) is 0 Å². The second-order valence-electron chi connectivity index (χ2n) is 3.75. The average Bonchev–Trinajstić information content (AvgIpc) is 2.18. The summed E-state index contributed by atoms with van der Waals surface area (Å²) in [6.07, 6.45) is 2.74. The lowest BCUT2D eigenvalue weighted by atomic mass is 10.1. The lowest BCUT2D eigenvalue weighted by Gasteiger charge is -2.35. The molecule has 1 saturated heterocycles. The highest BCUT2D eigenvalue weighted by Gasteiger charge is 2.22. The summed E-state index contributed by atoms with van der Waals surface area (Å²) in [6, 6.07) is 0.281. The number of hydrogen-bond donors (Lipinski definition) is 1. The van der Waals surface area contributed by atoms with E-state index in [4.69, 9.17) is 9.84 Å². The van der Waals surface area contributed by atoms with E-state index in [1.807, 2.05) is 6.92 Å². The van der Waals surface area contributed by atoms with Crippen LogP contribution in [0.4, 0.5) is 0 Å². The van der Waals surface area contributed by atoms with E-state index in [1.165, 1.54) is 12.8 Å². The minimum atomic E-state index is 0.249. The minimum Gasteiger partial charge on any atom is -0.395 e. The van der Waals surface area contributed by atoms with Crippen LogP contribution in [0.3, 0.4) is 0 Å². The van der Waals surface area contributed by atoms with Gasteiger partial charge in [-0.3, -0.25) is 4.90 Å². The van der Waals surface area contributed by atoms with E-state index in [0.29, 0.717) is 6.10 Å². The number of aliphatic hydroxyl groups is 1. The fourth-order valence-electron chi connectivity index (χ4n) is 1.85. The van der Waals surface area contributed by atoms with Gasteiger partial charge in [-0.05, 0) is 33.2 Å². The average molecular weight is 187 g/mol. The van der Waals surface area contributed by atoms with Gasteiger partial charge in [-0.25, -0.2) is 0 Å². The fourth-order valence-corrected chi connectivity index (χ4v) is 1.85. The van der Waals surface area contributed by atoms with Crippen molar-refractivity contribution in [3.63, 3.8) is 0 Å². The SMILES string of the molecule is CCOC1CCCN(C(C)CO)C1. The van der Waals surface area contributed by atoms with Crippen molar-refractivity contribution in [2.45, 2.75) is 38.8 Å². The van der Waals surface area contributed by atoms with Crippen molar-refractivity contribution in [3.05, 3.63) is 0 Å². The number of nitrogens with zero attached hydrogens (tertiary/aromatic N) is 1. The molecule has 3 nitrogen and oxygen atoms in total. The largest absolute Gasteiger partial charge is 0.395 e. The Bertz CT molecular complexity index is 139. The second-order valence-corrected chi connectivity index (χ2v) is 3.75. The van der Waals surface area contributed by atoms with Crippen LogP contribution in [0.2, 0.25) is 0 Å². The summed E-state index contributed by atoms with van der Waals surface area (Å²) in [5, 5.41) is 9.02. The van der Waals surface area contributed by atoms with Crippen molar-refractivity contribution in [3.8, 4) is 0 Å². The predicted octanol–water partition coefficient (Wildman–Crippen LogP) is 0.868. The highest BCUT2D eigenvalue weighted by molar-refractivity contribution is 4.76. The Morgan fingerprint density at radius 3 is 3.00 bits per heavy atom. The standard InChI is InChI=1S/C10H21NO2/c1-3-13-10-5-4-6-11(7-10)9(2)8-12/h9-10,12H,3-8H2,1-2H3. The molecule has 0 radical (unpaired) electrons. The summed E-state index contributed by atoms with van der Waals surface area (Å²) >= 11 is 0. The van der Waals surface area contributed by atoms with E-state index in [0.717, 1.165) is 19.7 Å². The Balaban J connectivity index is 2.32. The number of piperidine rings is 1. The van der Waals surface area contributed by atoms with Gasteiger partial charge < -0.3 is 9.84 Å². The number of ether oxygens (including phenoxy) is 1. The second kappa shape index (κ2) is 5.58. The summed E-state index contributed by atoms with van der Waals surface area (Å²) in [5.41, 5.74) is 0. The first-order valence-corrected chi connectivity index (χ1v) is 5.24. The highest BCUT2D eigenvalue weighted by atomic mass is 16.5. The van der Waals surface area contributed by atoms with Crippen molar-refractivity contribution in [1.29, 1.82) is 0 Å². The van der Waals surface area contributed by atoms with Crippen molar-refractivity contribution in [2.75, 3.05) is 26.3 Å². The van der Waals surface area contributed by atoms with Crippen LogP contribution in [0.15, 0.2) is 0 Å². The Morgan fingerprint density at radius 2 is 2.38 bits per heavy atom. The Morgan fingerprint density at radius 1 is 1.62 bits per heavy atom. The summed E-state index contributed by atoms with van der Waals surface area (Å²) in [5.74, 6) is 0. The zero-order valence-corrected chi connectivity index (χ0v) is 8.70. The third-order valence-corrected chi connectivity index (χ3v) is 2.70. The van der Waals surface area contributed by atoms with Crippen LogP contribution in [-0.2, 0) is 4.74 Å². The predicted molar refractivity (Wildman–Crippen MR) is 52.8 cm³/mol. The van der Waals surface area contributed by atoms with Crippen LogP contribution >= 0.6 is 0 Å². The third kappa shape index (κ3) is 3.25. The molecule has 1 aliphatic heterocycles. The molecule has 0 saturated carbocycles. The molecule has 0 amide bonds. The molecule has 0 aromatic carbocycles. The van der Waals surface area contributed by atoms with E-state index in [9.17, 15) is 0 Å². The monoisotopic (exact) mass is 187 g/mol. The quantitative estimate of drug-likeness (QED) is 0.709.